The Balaban J connectivity index is 1.62. The number of methoxy groups -OCH3 is 1. The highest BCUT2D eigenvalue weighted by Gasteiger charge is 2.01. The van der Waals surface area contributed by atoms with Crippen molar-refractivity contribution in [2.75, 3.05) is 7.11 Å². The molecule has 0 spiro atoms. The van der Waals surface area contributed by atoms with Crippen LogP contribution in [0.1, 0.15) is 36.8 Å². The topological polar surface area (TPSA) is 9.23 Å². The van der Waals surface area contributed by atoms with Gasteiger partial charge in [0.15, 0.2) is 0 Å². The normalized spacial score (nSPS) is 10.4. The Labute approximate surface area is 122 Å². The van der Waals surface area contributed by atoms with E-state index >= 15 is 0 Å². The van der Waals surface area contributed by atoms with Crippen LogP contribution in [-0.4, -0.2) is 7.11 Å². The first-order valence-electron chi connectivity index (χ1n) is 7.56. The van der Waals surface area contributed by atoms with Crippen molar-refractivity contribution in [2.45, 2.75) is 38.5 Å². The average Bonchev–Trinajstić information content (AvgIpc) is 2.52. The van der Waals surface area contributed by atoms with Crippen molar-refractivity contribution in [1.29, 1.82) is 0 Å². The zero-order chi connectivity index (χ0) is 14.0. The fourth-order valence-electron chi connectivity index (χ4n) is 2.55. The van der Waals surface area contributed by atoms with E-state index in [0.29, 0.717) is 0 Å². The Morgan fingerprint density at radius 1 is 0.700 bits per heavy atom. The van der Waals surface area contributed by atoms with Gasteiger partial charge in [-0.3, -0.25) is 0 Å². The van der Waals surface area contributed by atoms with Gasteiger partial charge in [-0.25, -0.2) is 0 Å². The maximum absolute atomic E-state index is 5.38. The van der Waals surface area contributed by atoms with Crippen molar-refractivity contribution < 1.29 is 4.74 Å². The van der Waals surface area contributed by atoms with Crippen LogP contribution in [0.4, 0.5) is 0 Å². The lowest BCUT2D eigenvalue weighted by molar-refractivity contribution is 0.408. The molecule has 2 aromatic rings. The van der Waals surface area contributed by atoms with Gasteiger partial charge in [0.05, 0.1) is 7.11 Å². The molecule has 0 N–H and O–H groups in total. The summed E-state index contributed by atoms with van der Waals surface area (Å²) in [5.74, 6) is 1.02. The summed E-state index contributed by atoms with van der Waals surface area (Å²) in [5.41, 5.74) is 2.79. The molecule has 0 bridgehead atoms. The first kappa shape index (κ1) is 14.6. The third kappa shape index (κ3) is 4.73. The largest absolute Gasteiger partial charge is 0.496 e. The Kier molecular flexibility index (Phi) is 6.16. The molecule has 106 valence electrons. The minimum atomic E-state index is 1.02. The molecule has 0 aliphatic carbocycles. The van der Waals surface area contributed by atoms with Gasteiger partial charge in [-0.15, -0.1) is 0 Å². The highest BCUT2D eigenvalue weighted by molar-refractivity contribution is 5.33. The third-order valence-electron chi connectivity index (χ3n) is 3.70. The molecule has 0 amide bonds. The first-order chi connectivity index (χ1) is 9.90. The second-order valence-electron chi connectivity index (χ2n) is 5.21. The fourth-order valence-corrected chi connectivity index (χ4v) is 2.55. The summed E-state index contributed by atoms with van der Waals surface area (Å²) in [7, 11) is 1.75. The number of rotatable bonds is 8. The summed E-state index contributed by atoms with van der Waals surface area (Å²) in [6.07, 6.45) is 7.46. The lowest BCUT2D eigenvalue weighted by Crippen LogP contribution is -1.92. The molecule has 2 rings (SSSR count). The van der Waals surface area contributed by atoms with Crippen LogP contribution in [0.3, 0.4) is 0 Å². The predicted molar refractivity (Wildman–Crippen MR) is 85.3 cm³/mol. The van der Waals surface area contributed by atoms with E-state index in [-0.39, 0.29) is 0 Å². The molecule has 20 heavy (non-hydrogen) atoms. The average molecular weight is 268 g/mol. The van der Waals surface area contributed by atoms with Gasteiger partial charge in [0.1, 0.15) is 5.75 Å². The lowest BCUT2D eigenvalue weighted by atomic mass is 10.0. The molecule has 0 aliphatic heterocycles. The van der Waals surface area contributed by atoms with E-state index in [4.69, 9.17) is 4.74 Å². The molecular formula is C19H24O. The van der Waals surface area contributed by atoms with Crippen molar-refractivity contribution in [3.8, 4) is 5.75 Å². The molecule has 0 unspecified atom stereocenters. The van der Waals surface area contributed by atoms with Crippen LogP contribution in [0.15, 0.2) is 54.6 Å². The minimum Gasteiger partial charge on any atom is -0.496 e. The van der Waals surface area contributed by atoms with Crippen molar-refractivity contribution >= 4 is 0 Å². The zero-order valence-corrected chi connectivity index (χ0v) is 12.3. The van der Waals surface area contributed by atoms with Crippen LogP contribution >= 0.6 is 0 Å². The standard InChI is InChI=1S/C19H24O/c1-20-19-16-10-9-15-18(19)14-8-3-2-5-11-17-12-6-4-7-13-17/h4,6-7,9-10,12-13,15-16H,2-3,5,8,11,14H2,1H3. The molecule has 0 fully saturated rings. The Morgan fingerprint density at radius 2 is 1.35 bits per heavy atom. The third-order valence-corrected chi connectivity index (χ3v) is 3.70. The number of para-hydroxylation sites is 1. The molecule has 0 atom stereocenters. The fraction of sp³-hybridized carbons (Fsp3) is 0.368. The number of ether oxygens (including phenoxy) is 1. The van der Waals surface area contributed by atoms with Crippen molar-refractivity contribution in [3.63, 3.8) is 0 Å². The van der Waals surface area contributed by atoms with Crippen LogP contribution < -0.4 is 4.74 Å². The quantitative estimate of drug-likeness (QED) is 0.609. The summed E-state index contributed by atoms with van der Waals surface area (Å²) in [6.45, 7) is 0. The van der Waals surface area contributed by atoms with Gasteiger partial charge in [-0.05, 0) is 42.9 Å². The second kappa shape index (κ2) is 8.42. The molecule has 0 saturated carbocycles. The van der Waals surface area contributed by atoms with Gasteiger partial charge >= 0.3 is 0 Å². The van der Waals surface area contributed by atoms with Gasteiger partial charge < -0.3 is 4.74 Å². The Hall–Kier alpha value is -1.76. The lowest BCUT2D eigenvalue weighted by Gasteiger charge is -2.07. The van der Waals surface area contributed by atoms with Gasteiger partial charge in [0, 0.05) is 0 Å². The van der Waals surface area contributed by atoms with Crippen molar-refractivity contribution in [1.82, 2.24) is 0 Å². The van der Waals surface area contributed by atoms with E-state index in [1.807, 2.05) is 12.1 Å². The summed E-state index contributed by atoms with van der Waals surface area (Å²) < 4.78 is 5.38. The van der Waals surface area contributed by atoms with E-state index in [9.17, 15) is 0 Å². The SMILES string of the molecule is COc1ccccc1CCCCCCc1ccccc1. The Bertz CT molecular complexity index is 490. The molecular weight excluding hydrogens is 244 g/mol. The van der Waals surface area contributed by atoms with Gasteiger partial charge in [0.2, 0.25) is 0 Å². The molecule has 0 heterocycles. The molecule has 1 heteroatoms. The van der Waals surface area contributed by atoms with E-state index < -0.39 is 0 Å². The van der Waals surface area contributed by atoms with Crippen LogP contribution in [0, 0.1) is 0 Å². The number of hydrogen-bond acceptors (Lipinski definition) is 1. The zero-order valence-electron chi connectivity index (χ0n) is 12.3. The van der Waals surface area contributed by atoms with Crippen LogP contribution in [0.5, 0.6) is 5.75 Å². The molecule has 0 radical (unpaired) electrons. The highest BCUT2D eigenvalue weighted by atomic mass is 16.5. The van der Waals surface area contributed by atoms with Crippen LogP contribution in [0.25, 0.3) is 0 Å². The predicted octanol–water partition coefficient (Wildman–Crippen LogP) is 5.04. The maximum atomic E-state index is 5.38. The Morgan fingerprint density at radius 3 is 2.10 bits per heavy atom. The van der Waals surface area contributed by atoms with Gasteiger partial charge in [-0.1, -0.05) is 61.4 Å². The summed E-state index contributed by atoms with van der Waals surface area (Å²) >= 11 is 0. The van der Waals surface area contributed by atoms with E-state index in [1.165, 1.54) is 43.2 Å². The maximum Gasteiger partial charge on any atom is 0.122 e. The first-order valence-corrected chi connectivity index (χ1v) is 7.56. The van der Waals surface area contributed by atoms with Gasteiger partial charge in [0.25, 0.3) is 0 Å². The van der Waals surface area contributed by atoms with E-state index in [0.717, 1.165) is 12.2 Å². The summed E-state index contributed by atoms with van der Waals surface area (Å²) in [6, 6.07) is 19.1. The number of hydrogen-bond donors (Lipinski definition) is 0. The summed E-state index contributed by atoms with van der Waals surface area (Å²) in [5, 5.41) is 0. The van der Waals surface area contributed by atoms with Crippen molar-refractivity contribution in [3.05, 3.63) is 65.7 Å². The summed E-state index contributed by atoms with van der Waals surface area (Å²) in [4.78, 5) is 0. The highest BCUT2D eigenvalue weighted by Crippen LogP contribution is 2.20. The van der Waals surface area contributed by atoms with E-state index in [1.54, 1.807) is 7.11 Å². The number of aryl methyl sites for hydroxylation is 2. The smallest absolute Gasteiger partial charge is 0.122 e. The van der Waals surface area contributed by atoms with Crippen molar-refractivity contribution in [2.24, 2.45) is 0 Å². The van der Waals surface area contributed by atoms with E-state index in [2.05, 4.69) is 42.5 Å². The number of unbranched alkanes of at least 4 members (excludes halogenated alkanes) is 3. The molecule has 2 aromatic carbocycles. The van der Waals surface area contributed by atoms with Crippen LogP contribution in [-0.2, 0) is 12.8 Å². The van der Waals surface area contributed by atoms with Gasteiger partial charge in [-0.2, -0.15) is 0 Å². The molecule has 0 aromatic heterocycles. The van der Waals surface area contributed by atoms with Crippen LogP contribution in [0.2, 0.25) is 0 Å². The monoisotopic (exact) mass is 268 g/mol. The second-order valence-corrected chi connectivity index (χ2v) is 5.21. The molecule has 0 saturated heterocycles. The minimum absolute atomic E-state index is 1.02. The molecule has 0 aliphatic rings. The molecule has 1 nitrogen and oxygen atoms in total. The number of benzene rings is 2.